The minimum absolute atomic E-state index is 0.686. The van der Waals surface area contributed by atoms with Crippen LogP contribution in [0.4, 0.5) is 0 Å². The number of fused-ring (bicyclic) bond motifs is 5. The molecule has 3 heterocycles. The molecule has 0 N–H and O–H groups in total. The van der Waals surface area contributed by atoms with Gasteiger partial charge in [0.2, 0.25) is 0 Å². The molecule has 0 amide bonds. The van der Waals surface area contributed by atoms with Crippen molar-refractivity contribution in [1.29, 1.82) is 0 Å². The zero-order valence-corrected chi connectivity index (χ0v) is 15.1. The molecule has 5 nitrogen and oxygen atoms in total. The Morgan fingerprint density at radius 3 is 2.84 bits per heavy atom. The number of para-hydroxylation sites is 1. The van der Waals surface area contributed by atoms with E-state index < -0.39 is 0 Å². The number of nitrogens with zero attached hydrogens (tertiary/aromatic N) is 4. The normalized spacial score (nSPS) is 14.2. The summed E-state index contributed by atoms with van der Waals surface area (Å²) >= 11 is 1.82. The number of thiophene rings is 1. The van der Waals surface area contributed by atoms with Crippen LogP contribution in [-0.2, 0) is 12.8 Å². The average Bonchev–Trinajstić information content (AvgIpc) is 3.23. The fourth-order valence-electron chi connectivity index (χ4n) is 3.70. The molecular weight excluding hydrogens is 332 g/mol. The third-order valence-corrected chi connectivity index (χ3v) is 6.09. The summed E-state index contributed by atoms with van der Waals surface area (Å²) < 4.78 is 7.37. The summed E-state index contributed by atoms with van der Waals surface area (Å²) in [4.78, 5) is 12.3. The third-order valence-electron chi connectivity index (χ3n) is 4.90. The smallest absolute Gasteiger partial charge is 0.185 e. The predicted octanol–water partition coefficient (Wildman–Crippen LogP) is 4.20. The quantitative estimate of drug-likeness (QED) is 0.544. The van der Waals surface area contributed by atoms with Crippen LogP contribution in [0.3, 0.4) is 0 Å². The largest absolute Gasteiger partial charge is 0.496 e. The Labute approximate surface area is 149 Å². The maximum absolute atomic E-state index is 5.49. The highest BCUT2D eigenvalue weighted by Crippen LogP contribution is 2.38. The number of hydrogen-bond acceptors (Lipinski definition) is 5. The summed E-state index contributed by atoms with van der Waals surface area (Å²) in [5.41, 5.74) is 3.26. The Morgan fingerprint density at radius 1 is 1.12 bits per heavy atom. The second-order valence-corrected chi connectivity index (χ2v) is 7.50. The van der Waals surface area contributed by atoms with Crippen LogP contribution in [0.1, 0.15) is 29.1 Å². The number of methoxy groups -OCH3 is 1. The standard InChI is InChI=1S/C19H18N4OS/c1-11-20-19-16(13-8-4-6-10-15(13)25-19)18-21-17(22-23(11)18)12-7-3-5-9-14(12)24-2/h3,5,7,9H,4,6,8,10H2,1-2H3. The van der Waals surface area contributed by atoms with Crippen molar-refractivity contribution < 1.29 is 4.74 Å². The first-order chi connectivity index (χ1) is 12.3. The van der Waals surface area contributed by atoms with E-state index in [-0.39, 0.29) is 0 Å². The van der Waals surface area contributed by atoms with E-state index in [1.54, 1.807) is 7.11 Å². The topological polar surface area (TPSA) is 52.3 Å². The number of aryl methyl sites for hydroxylation is 3. The van der Waals surface area contributed by atoms with E-state index in [2.05, 4.69) is 0 Å². The molecule has 0 saturated carbocycles. The van der Waals surface area contributed by atoms with Gasteiger partial charge in [-0.3, -0.25) is 0 Å². The minimum Gasteiger partial charge on any atom is -0.496 e. The molecule has 1 aliphatic carbocycles. The van der Waals surface area contributed by atoms with E-state index >= 15 is 0 Å². The van der Waals surface area contributed by atoms with E-state index in [1.807, 2.05) is 47.0 Å². The van der Waals surface area contributed by atoms with Gasteiger partial charge in [0.05, 0.1) is 18.1 Å². The van der Waals surface area contributed by atoms with Gasteiger partial charge >= 0.3 is 0 Å². The predicted molar refractivity (Wildman–Crippen MR) is 99.5 cm³/mol. The molecule has 4 aromatic rings. The van der Waals surface area contributed by atoms with Crippen LogP contribution in [0, 0.1) is 6.92 Å². The van der Waals surface area contributed by atoms with Crippen LogP contribution >= 0.6 is 11.3 Å². The van der Waals surface area contributed by atoms with Crippen molar-refractivity contribution in [2.24, 2.45) is 0 Å². The van der Waals surface area contributed by atoms with Crippen LogP contribution in [-0.4, -0.2) is 26.7 Å². The second-order valence-electron chi connectivity index (χ2n) is 6.42. The van der Waals surface area contributed by atoms with Crippen LogP contribution in [0.15, 0.2) is 24.3 Å². The molecule has 0 radical (unpaired) electrons. The van der Waals surface area contributed by atoms with Gasteiger partial charge in [0.25, 0.3) is 0 Å². The van der Waals surface area contributed by atoms with Crippen molar-refractivity contribution in [2.45, 2.75) is 32.6 Å². The molecule has 5 rings (SSSR count). The summed E-state index contributed by atoms with van der Waals surface area (Å²) in [6.45, 7) is 1.99. The Morgan fingerprint density at radius 2 is 1.96 bits per heavy atom. The van der Waals surface area contributed by atoms with E-state index in [4.69, 9.17) is 19.8 Å². The fraction of sp³-hybridized carbons (Fsp3) is 0.316. The number of aromatic nitrogens is 4. The minimum atomic E-state index is 0.686. The first kappa shape index (κ1) is 14.8. The lowest BCUT2D eigenvalue weighted by Crippen LogP contribution is -2.01. The third kappa shape index (κ3) is 2.17. The second kappa shape index (κ2) is 5.52. The summed E-state index contributed by atoms with van der Waals surface area (Å²) in [7, 11) is 1.68. The van der Waals surface area contributed by atoms with E-state index in [0.29, 0.717) is 5.82 Å². The van der Waals surface area contributed by atoms with Gasteiger partial charge in [-0.05, 0) is 50.3 Å². The van der Waals surface area contributed by atoms with Gasteiger partial charge in [-0.1, -0.05) is 12.1 Å². The Balaban J connectivity index is 1.83. The maximum atomic E-state index is 5.49. The van der Waals surface area contributed by atoms with Gasteiger partial charge in [0, 0.05) is 4.88 Å². The molecule has 3 aromatic heterocycles. The molecule has 0 aliphatic heterocycles. The summed E-state index contributed by atoms with van der Waals surface area (Å²) in [5.74, 6) is 2.34. The van der Waals surface area contributed by atoms with Gasteiger partial charge in [-0.2, -0.15) is 4.52 Å². The van der Waals surface area contributed by atoms with Crippen LogP contribution < -0.4 is 4.74 Å². The number of rotatable bonds is 2. The maximum Gasteiger partial charge on any atom is 0.185 e. The van der Waals surface area contributed by atoms with E-state index in [9.17, 15) is 0 Å². The lowest BCUT2D eigenvalue weighted by Gasteiger charge is -2.10. The Hall–Kier alpha value is -2.47. The highest BCUT2D eigenvalue weighted by Gasteiger charge is 2.22. The first-order valence-electron chi connectivity index (χ1n) is 8.57. The molecular formula is C19H18N4OS. The molecule has 0 unspecified atom stereocenters. The van der Waals surface area contributed by atoms with Crippen molar-refractivity contribution in [3.63, 3.8) is 0 Å². The van der Waals surface area contributed by atoms with Crippen LogP contribution in [0.5, 0.6) is 5.75 Å². The first-order valence-corrected chi connectivity index (χ1v) is 9.39. The summed E-state index contributed by atoms with van der Waals surface area (Å²) in [6, 6.07) is 7.87. The monoisotopic (exact) mass is 350 g/mol. The van der Waals surface area contributed by atoms with E-state index in [1.165, 1.54) is 28.7 Å². The highest BCUT2D eigenvalue weighted by molar-refractivity contribution is 7.19. The zero-order chi connectivity index (χ0) is 17.0. The molecule has 0 fully saturated rings. The summed E-state index contributed by atoms with van der Waals surface area (Å²) in [5, 5.41) is 5.93. The van der Waals surface area contributed by atoms with Gasteiger partial charge in [0.1, 0.15) is 16.4 Å². The van der Waals surface area contributed by atoms with Gasteiger partial charge < -0.3 is 4.74 Å². The van der Waals surface area contributed by atoms with Gasteiger partial charge in [0.15, 0.2) is 11.5 Å². The molecule has 126 valence electrons. The number of hydrogen-bond donors (Lipinski definition) is 0. The molecule has 0 saturated heterocycles. The lowest BCUT2D eigenvalue weighted by atomic mass is 9.97. The van der Waals surface area contributed by atoms with Crippen molar-refractivity contribution in [3.8, 4) is 17.1 Å². The molecule has 6 heteroatoms. The molecule has 1 aromatic carbocycles. The lowest BCUT2D eigenvalue weighted by molar-refractivity contribution is 0.416. The summed E-state index contributed by atoms with van der Waals surface area (Å²) in [6.07, 6.45) is 4.79. The van der Waals surface area contributed by atoms with Crippen LogP contribution in [0.25, 0.3) is 27.3 Å². The van der Waals surface area contributed by atoms with Crippen molar-refractivity contribution in [2.75, 3.05) is 7.11 Å². The van der Waals surface area contributed by atoms with Crippen molar-refractivity contribution >= 4 is 27.2 Å². The Kier molecular flexibility index (Phi) is 3.28. The van der Waals surface area contributed by atoms with E-state index in [0.717, 1.165) is 40.5 Å². The average molecular weight is 350 g/mol. The van der Waals surface area contributed by atoms with Gasteiger partial charge in [-0.15, -0.1) is 16.4 Å². The molecule has 0 spiro atoms. The highest BCUT2D eigenvalue weighted by atomic mass is 32.1. The molecule has 0 bridgehead atoms. The number of ether oxygens (including phenoxy) is 1. The molecule has 25 heavy (non-hydrogen) atoms. The van der Waals surface area contributed by atoms with Crippen molar-refractivity contribution in [3.05, 3.63) is 40.5 Å². The molecule has 1 aliphatic rings. The molecule has 0 atom stereocenters. The van der Waals surface area contributed by atoms with Crippen molar-refractivity contribution in [1.82, 2.24) is 19.6 Å². The van der Waals surface area contributed by atoms with Crippen LogP contribution in [0.2, 0.25) is 0 Å². The number of benzene rings is 1. The Bertz CT molecular complexity index is 1110. The fourth-order valence-corrected chi connectivity index (χ4v) is 5.00. The SMILES string of the molecule is COc1ccccc1-c1nc2c3c4c(sc3nc(C)n2n1)CCCC4. The zero-order valence-electron chi connectivity index (χ0n) is 14.2. The van der Waals surface area contributed by atoms with Gasteiger partial charge in [-0.25, -0.2) is 9.97 Å².